The highest BCUT2D eigenvalue weighted by molar-refractivity contribution is 7.89. The Balaban J connectivity index is 1.56. The van der Waals surface area contributed by atoms with Crippen molar-refractivity contribution in [3.8, 4) is 0 Å². The van der Waals surface area contributed by atoms with Gasteiger partial charge in [0.2, 0.25) is 10.0 Å². The first kappa shape index (κ1) is 21.8. The quantitative estimate of drug-likeness (QED) is 0.565. The molecule has 0 saturated carbocycles. The molecule has 0 spiro atoms. The van der Waals surface area contributed by atoms with Crippen LogP contribution in [0.4, 0.5) is 13.2 Å². The van der Waals surface area contributed by atoms with Crippen LogP contribution >= 0.6 is 0 Å². The van der Waals surface area contributed by atoms with Gasteiger partial charge in [0.15, 0.2) is 5.78 Å². The average Bonchev–Trinajstić information content (AvgIpc) is 3.36. The van der Waals surface area contributed by atoms with Gasteiger partial charge < -0.3 is 0 Å². The van der Waals surface area contributed by atoms with Crippen LogP contribution in [0.2, 0.25) is 0 Å². The van der Waals surface area contributed by atoms with Gasteiger partial charge in [-0.25, -0.2) is 8.42 Å². The molecule has 1 aromatic heterocycles. The van der Waals surface area contributed by atoms with Gasteiger partial charge in [-0.2, -0.15) is 22.6 Å². The first-order chi connectivity index (χ1) is 15.6. The van der Waals surface area contributed by atoms with Crippen molar-refractivity contribution in [3.05, 3.63) is 82.7 Å². The smallest absolute Gasteiger partial charge is 0.295 e. The predicted octanol–water partition coefficient (Wildman–Crippen LogP) is 4.48. The van der Waals surface area contributed by atoms with Crippen LogP contribution < -0.4 is 0 Å². The number of sulfonamides is 1. The molecule has 1 fully saturated rings. The van der Waals surface area contributed by atoms with E-state index in [2.05, 4.69) is 10.2 Å². The molecule has 0 aliphatic carbocycles. The summed E-state index contributed by atoms with van der Waals surface area (Å²) in [6, 6.07) is 9.82. The SMILES string of the molecule is CC(=O)c1ccc(C2CC3Cc4[nH]ncc4C2N3S(=O)(=O)c2ccc(C(F)(F)F)cc2)cc1. The van der Waals surface area contributed by atoms with Crippen molar-refractivity contribution < 1.29 is 26.4 Å². The molecule has 2 aromatic carbocycles. The van der Waals surface area contributed by atoms with Crippen molar-refractivity contribution in [2.75, 3.05) is 0 Å². The molecule has 10 heteroatoms. The number of H-pyrrole nitrogens is 1. The average molecular weight is 475 g/mol. The number of aromatic nitrogens is 2. The number of benzene rings is 2. The Labute approximate surface area is 188 Å². The molecule has 2 aliphatic rings. The Hall–Kier alpha value is -2.98. The van der Waals surface area contributed by atoms with Crippen LogP contribution in [0.15, 0.2) is 59.6 Å². The Morgan fingerprint density at radius 1 is 1.09 bits per heavy atom. The summed E-state index contributed by atoms with van der Waals surface area (Å²) in [4.78, 5) is 11.5. The Morgan fingerprint density at radius 3 is 2.36 bits per heavy atom. The summed E-state index contributed by atoms with van der Waals surface area (Å²) >= 11 is 0. The maximum Gasteiger partial charge on any atom is 0.416 e. The molecule has 5 rings (SSSR count). The van der Waals surface area contributed by atoms with Gasteiger partial charge in [0.05, 0.1) is 22.7 Å². The van der Waals surface area contributed by atoms with Crippen LogP contribution in [0.1, 0.15) is 58.0 Å². The predicted molar refractivity (Wildman–Crippen MR) is 113 cm³/mol. The van der Waals surface area contributed by atoms with E-state index in [1.807, 2.05) is 12.1 Å². The van der Waals surface area contributed by atoms with Gasteiger partial charge in [-0.15, -0.1) is 0 Å². The van der Waals surface area contributed by atoms with E-state index in [0.717, 1.165) is 41.1 Å². The standard InChI is InChI=1S/C23H20F3N3O3S/c1-13(30)14-2-4-15(5-3-14)19-10-17-11-21-20(12-27-28-21)22(19)29(17)33(31,32)18-8-6-16(7-9-18)23(24,25)26/h2-9,12,17,19,22H,10-11H2,1H3,(H,27,28). The highest BCUT2D eigenvalue weighted by Gasteiger charge is 2.53. The van der Waals surface area contributed by atoms with E-state index in [9.17, 15) is 26.4 Å². The van der Waals surface area contributed by atoms with E-state index >= 15 is 0 Å². The van der Waals surface area contributed by atoms with Crippen molar-refractivity contribution in [1.82, 2.24) is 14.5 Å². The maximum atomic E-state index is 13.6. The van der Waals surface area contributed by atoms with Gasteiger partial charge in [-0.1, -0.05) is 24.3 Å². The minimum absolute atomic E-state index is 0.0599. The van der Waals surface area contributed by atoms with Crippen molar-refractivity contribution in [2.24, 2.45) is 0 Å². The lowest BCUT2D eigenvalue weighted by Gasteiger charge is -2.34. The number of hydrogen-bond donors (Lipinski definition) is 1. The van der Waals surface area contributed by atoms with Crippen molar-refractivity contribution in [3.63, 3.8) is 0 Å². The molecule has 0 radical (unpaired) electrons. The van der Waals surface area contributed by atoms with Crippen LogP contribution in [0.5, 0.6) is 0 Å². The maximum absolute atomic E-state index is 13.6. The molecule has 172 valence electrons. The summed E-state index contributed by atoms with van der Waals surface area (Å²) in [5, 5.41) is 7.05. The highest BCUT2D eigenvalue weighted by Crippen LogP contribution is 2.53. The van der Waals surface area contributed by atoms with E-state index in [1.54, 1.807) is 18.3 Å². The second-order valence-corrected chi connectivity index (χ2v) is 10.3. The zero-order chi connectivity index (χ0) is 23.5. The summed E-state index contributed by atoms with van der Waals surface area (Å²) in [5.74, 6) is -0.241. The van der Waals surface area contributed by atoms with Crippen LogP contribution in [-0.4, -0.2) is 34.7 Å². The van der Waals surface area contributed by atoms with Gasteiger partial charge in [0.25, 0.3) is 0 Å². The summed E-state index contributed by atoms with van der Waals surface area (Å²) in [5.41, 5.74) is 2.20. The minimum atomic E-state index is -4.55. The second-order valence-electron chi connectivity index (χ2n) is 8.48. The fourth-order valence-corrected chi connectivity index (χ4v) is 6.84. The zero-order valence-corrected chi connectivity index (χ0v) is 18.3. The van der Waals surface area contributed by atoms with Crippen molar-refractivity contribution >= 4 is 15.8 Å². The first-order valence-corrected chi connectivity index (χ1v) is 11.8. The van der Waals surface area contributed by atoms with Crippen molar-refractivity contribution in [2.45, 2.75) is 48.8 Å². The van der Waals surface area contributed by atoms with E-state index < -0.39 is 27.8 Å². The fourth-order valence-electron chi connectivity index (χ4n) is 5.00. The molecule has 33 heavy (non-hydrogen) atoms. The number of carbonyl (C=O) groups is 1. The summed E-state index contributed by atoms with van der Waals surface area (Å²) in [6.45, 7) is 1.48. The molecule has 2 aliphatic heterocycles. The largest absolute Gasteiger partial charge is 0.416 e. The normalized spacial score (nSPS) is 22.8. The van der Waals surface area contributed by atoms with Gasteiger partial charge >= 0.3 is 6.18 Å². The first-order valence-electron chi connectivity index (χ1n) is 10.4. The Morgan fingerprint density at radius 2 is 1.76 bits per heavy atom. The van der Waals surface area contributed by atoms with Crippen LogP contribution in [-0.2, 0) is 22.6 Å². The third-order valence-electron chi connectivity index (χ3n) is 6.55. The number of carbonyl (C=O) groups excluding carboxylic acids is 1. The van der Waals surface area contributed by atoms with Gasteiger partial charge in [-0.05, 0) is 43.2 Å². The second kappa shape index (κ2) is 7.53. The number of alkyl halides is 3. The topological polar surface area (TPSA) is 83.1 Å². The summed E-state index contributed by atoms with van der Waals surface area (Å²) in [7, 11) is -4.07. The van der Waals surface area contributed by atoms with Gasteiger partial charge in [-0.3, -0.25) is 9.89 Å². The number of aromatic amines is 1. The molecule has 1 N–H and O–H groups in total. The zero-order valence-electron chi connectivity index (χ0n) is 17.5. The number of ketones is 1. The third-order valence-corrected chi connectivity index (χ3v) is 8.50. The third kappa shape index (κ3) is 3.57. The van der Waals surface area contributed by atoms with Crippen LogP contribution in [0.25, 0.3) is 0 Å². The molecule has 2 bridgehead atoms. The summed E-state index contributed by atoms with van der Waals surface area (Å²) in [6.07, 6.45) is -1.94. The number of rotatable bonds is 4. The molecule has 3 unspecified atom stereocenters. The Bertz CT molecular complexity index is 1320. The number of nitrogens with zero attached hydrogens (tertiary/aromatic N) is 2. The number of nitrogens with one attached hydrogen (secondary N) is 1. The lowest BCUT2D eigenvalue weighted by molar-refractivity contribution is -0.137. The van der Waals surface area contributed by atoms with Crippen molar-refractivity contribution in [1.29, 1.82) is 0 Å². The Kier molecular flexibility index (Phi) is 4.98. The van der Waals surface area contributed by atoms with E-state index in [0.29, 0.717) is 18.4 Å². The number of Topliss-reactive ketones (excluding diaryl/α,β-unsaturated/α-hetero) is 1. The van der Waals surface area contributed by atoms with Gasteiger partial charge in [0.1, 0.15) is 0 Å². The molecule has 3 atom stereocenters. The lowest BCUT2D eigenvalue weighted by atomic mass is 9.88. The molecular weight excluding hydrogens is 455 g/mol. The van der Waals surface area contributed by atoms with E-state index in [1.165, 1.54) is 11.2 Å². The van der Waals surface area contributed by atoms with Gasteiger partial charge in [0, 0.05) is 35.2 Å². The molecular formula is C23H20F3N3O3S. The summed E-state index contributed by atoms with van der Waals surface area (Å²) < 4.78 is 67.6. The van der Waals surface area contributed by atoms with E-state index in [4.69, 9.17) is 0 Å². The highest BCUT2D eigenvalue weighted by atomic mass is 32.2. The molecule has 3 heterocycles. The molecule has 0 amide bonds. The molecule has 1 saturated heterocycles. The van der Waals surface area contributed by atoms with E-state index in [-0.39, 0.29) is 22.6 Å². The minimum Gasteiger partial charge on any atom is -0.295 e. The lowest BCUT2D eigenvalue weighted by Crippen LogP contribution is -2.42. The number of halogens is 3. The van der Waals surface area contributed by atoms with Crippen LogP contribution in [0.3, 0.4) is 0 Å². The molecule has 6 nitrogen and oxygen atoms in total. The number of hydrogen-bond acceptors (Lipinski definition) is 4. The molecule has 3 aromatic rings. The number of fused-ring (bicyclic) bond motifs is 4. The monoisotopic (exact) mass is 475 g/mol. The fraction of sp³-hybridized carbons (Fsp3) is 0.304. The van der Waals surface area contributed by atoms with Crippen LogP contribution in [0, 0.1) is 0 Å².